The highest BCUT2D eigenvalue weighted by Crippen LogP contribution is 2.21. The normalized spacial score (nSPS) is 10.3. The molecule has 0 amide bonds. The first-order chi connectivity index (χ1) is 9.10. The molecule has 0 saturated heterocycles. The Hall–Kier alpha value is -2.16. The summed E-state index contributed by atoms with van der Waals surface area (Å²) < 4.78 is 13.1. The van der Waals surface area contributed by atoms with Gasteiger partial charge in [0, 0.05) is 24.8 Å². The molecule has 98 valence electrons. The number of rotatable bonds is 4. The molecule has 2 nitrogen and oxygen atoms in total. The van der Waals surface area contributed by atoms with Crippen molar-refractivity contribution in [2.75, 3.05) is 11.9 Å². The lowest BCUT2D eigenvalue weighted by Crippen LogP contribution is -2.18. The summed E-state index contributed by atoms with van der Waals surface area (Å²) in [4.78, 5) is 12.9. The van der Waals surface area contributed by atoms with Crippen molar-refractivity contribution < 1.29 is 9.18 Å². The van der Waals surface area contributed by atoms with E-state index in [0.717, 1.165) is 11.3 Å². The Morgan fingerprint density at radius 1 is 1.16 bits per heavy atom. The minimum Gasteiger partial charge on any atom is -0.370 e. The fraction of sp³-hybridized carbons (Fsp3) is 0.188. The summed E-state index contributed by atoms with van der Waals surface area (Å²) in [5.41, 5.74) is 3.46. The van der Waals surface area contributed by atoms with Crippen LogP contribution in [0.25, 0.3) is 0 Å². The highest BCUT2D eigenvalue weighted by Gasteiger charge is 2.08. The van der Waals surface area contributed by atoms with E-state index in [-0.39, 0.29) is 0 Å². The molecule has 0 spiro atoms. The van der Waals surface area contributed by atoms with E-state index in [1.54, 1.807) is 6.07 Å². The van der Waals surface area contributed by atoms with Crippen molar-refractivity contribution in [2.45, 2.75) is 13.5 Å². The molecule has 3 heteroatoms. The molecule has 0 aliphatic rings. The minimum atomic E-state index is -0.394. The van der Waals surface area contributed by atoms with Crippen LogP contribution in [0.5, 0.6) is 0 Å². The zero-order valence-corrected chi connectivity index (χ0v) is 11.1. The van der Waals surface area contributed by atoms with Gasteiger partial charge in [-0.1, -0.05) is 29.8 Å². The van der Waals surface area contributed by atoms with Crippen molar-refractivity contribution in [3.05, 3.63) is 65.0 Å². The lowest BCUT2D eigenvalue weighted by molar-refractivity contribution is 0.112. The molecule has 0 fully saturated rings. The fourth-order valence-electron chi connectivity index (χ4n) is 2.02. The van der Waals surface area contributed by atoms with Crippen molar-refractivity contribution in [1.29, 1.82) is 0 Å². The van der Waals surface area contributed by atoms with Gasteiger partial charge in [-0.05, 0) is 30.7 Å². The Kier molecular flexibility index (Phi) is 3.95. The van der Waals surface area contributed by atoms with Gasteiger partial charge >= 0.3 is 0 Å². The number of carbonyl (C=O) groups excluding carboxylic acids is 1. The van der Waals surface area contributed by atoms with Gasteiger partial charge in [-0.2, -0.15) is 0 Å². The number of carbonyl (C=O) groups is 1. The van der Waals surface area contributed by atoms with Crippen LogP contribution in [0.1, 0.15) is 21.5 Å². The van der Waals surface area contributed by atoms with Crippen LogP contribution < -0.4 is 4.90 Å². The Morgan fingerprint density at radius 3 is 2.47 bits per heavy atom. The number of halogens is 1. The van der Waals surface area contributed by atoms with E-state index in [1.165, 1.54) is 17.7 Å². The monoisotopic (exact) mass is 257 g/mol. The predicted octanol–water partition coefficient (Wildman–Crippen LogP) is 3.58. The molecule has 0 atom stereocenters. The quantitative estimate of drug-likeness (QED) is 0.780. The third kappa shape index (κ3) is 3.19. The maximum atomic E-state index is 13.1. The summed E-state index contributed by atoms with van der Waals surface area (Å²) >= 11 is 0. The first-order valence-corrected chi connectivity index (χ1v) is 6.11. The second-order valence-corrected chi connectivity index (χ2v) is 4.66. The van der Waals surface area contributed by atoms with E-state index < -0.39 is 5.82 Å². The molecule has 0 radical (unpaired) electrons. The number of benzene rings is 2. The lowest BCUT2D eigenvalue weighted by Gasteiger charge is -2.21. The van der Waals surface area contributed by atoms with Gasteiger partial charge < -0.3 is 4.90 Å². The molecular weight excluding hydrogens is 241 g/mol. The molecule has 0 bridgehead atoms. The van der Waals surface area contributed by atoms with Crippen LogP contribution in [0.3, 0.4) is 0 Å². The van der Waals surface area contributed by atoms with Gasteiger partial charge in [0.15, 0.2) is 6.29 Å². The van der Waals surface area contributed by atoms with Gasteiger partial charge in [-0.3, -0.25) is 4.79 Å². The van der Waals surface area contributed by atoms with Crippen LogP contribution in [-0.4, -0.2) is 13.3 Å². The average molecular weight is 257 g/mol. The standard InChI is InChI=1S/C16H16FNO/c1-12-3-5-13(6-4-12)10-18(2)16-8-7-15(17)9-14(16)11-19/h3-9,11H,10H2,1-2H3. The predicted molar refractivity (Wildman–Crippen MR) is 75.1 cm³/mol. The highest BCUT2D eigenvalue weighted by atomic mass is 19.1. The highest BCUT2D eigenvalue weighted by molar-refractivity contribution is 5.84. The molecule has 0 aromatic heterocycles. The van der Waals surface area contributed by atoms with Gasteiger partial charge in [-0.25, -0.2) is 4.39 Å². The van der Waals surface area contributed by atoms with E-state index in [4.69, 9.17) is 0 Å². The number of hydrogen-bond acceptors (Lipinski definition) is 2. The number of aldehydes is 1. The van der Waals surface area contributed by atoms with Crippen LogP contribution >= 0.6 is 0 Å². The zero-order chi connectivity index (χ0) is 13.8. The number of hydrogen-bond donors (Lipinski definition) is 0. The molecule has 19 heavy (non-hydrogen) atoms. The molecule has 2 aromatic carbocycles. The fourth-order valence-corrected chi connectivity index (χ4v) is 2.02. The summed E-state index contributed by atoms with van der Waals surface area (Å²) in [6.07, 6.45) is 0.685. The lowest BCUT2D eigenvalue weighted by atomic mass is 10.1. The van der Waals surface area contributed by atoms with Gasteiger partial charge in [-0.15, -0.1) is 0 Å². The van der Waals surface area contributed by atoms with Crippen molar-refractivity contribution >= 4 is 12.0 Å². The summed E-state index contributed by atoms with van der Waals surface area (Å²) in [5, 5.41) is 0. The van der Waals surface area contributed by atoms with Crippen LogP contribution in [0.4, 0.5) is 10.1 Å². The molecule has 0 unspecified atom stereocenters. The third-order valence-corrected chi connectivity index (χ3v) is 3.07. The van der Waals surface area contributed by atoms with Gasteiger partial charge in [0.05, 0.1) is 0 Å². The zero-order valence-electron chi connectivity index (χ0n) is 11.1. The van der Waals surface area contributed by atoms with Crippen molar-refractivity contribution in [1.82, 2.24) is 0 Å². The molecular formula is C16H16FNO. The molecule has 2 rings (SSSR count). The van der Waals surface area contributed by atoms with Crippen molar-refractivity contribution in [3.8, 4) is 0 Å². The van der Waals surface area contributed by atoms with Gasteiger partial charge in [0.25, 0.3) is 0 Å². The first-order valence-electron chi connectivity index (χ1n) is 6.11. The topological polar surface area (TPSA) is 20.3 Å². The minimum absolute atomic E-state index is 0.370. The Balaban J connectivity index is 2.22. The third-order valence-electron chi connectivity index (χ3n) is 3.07. The van der Waals surface area contributed by atoms with E-state index in [0.29, 0.717) is 18.4 Å². The molecule has 0 heterocycles. The number of nitrogens with zero attached hydrogens (tertiary/aromatic N) is 1. The molecule has 2 aromatic rings. The second kappa shape index (κ2) is 5.65. The Morgan fingerprint density at radius 2 is 1.84 bits per heavy atom. The van der Waals surface area contributed by atoms with Crippen LogP contribution in [0, 0.1) is 12.7 Å². The smallest absolute Gasteiger partial charge is 0.152 e. The van der Waals surface area contributed by atoms with Gasteiger partial charge in [0.2, 0.25) is 0 Å². The van der Waals surface area contributed by atoms with Crippen LogP contribution in [-0.2, 0) is 6.54 Å². The summed E-state index contributed by atoms with van der Waals surface area (Å²) in [6.45, 7) is 2.71. The van der Waals surface area contributed by atoms with E-state index in [2.05, 4.69) is 24.3 Å². The second-order valence-electron chi connectivity index (χ2n) is 4.66. The van der Waals surface area contributed by atoms with E-state index >= 15 is 0 Å². The summed E-state index contributed by atoms with van der Waals surface area (Å²) in [6, 6.07) is 12.5. The Labute approximate surface area is 112 Å². The summed E-state index contributed by atoms with van der Waals surface area (Å²) in [7, 11) is 1.89. The number of aryl methyl sites for hydroxylation is 1. The first kappa shape index (κ1) is 13.3. The molecule has 0 saturated carbocycles. The molecule has 0 aliphatic heterocycles. The SMILES string of the molecule is Cc1ccc(CN(C)c2ccc(F)cc2C=O)cc1. The summed E-state index contributed by atoms with van der Waals surface area (Å²) in [5.74, 6) is -0.394. The van der Waals surface area contributed by atoms with E-state index in [1.807, 2.05) is 18.9 Å². The van der Waals surface area contributed by atoms with Crippen LogP contribution in [0.2, 0.25) is 0 Å². The van der Waals surface area contributed by atoms with Crippen LogP contribution in [0.15, 0.2) is 42.5 Å². The maximum absolute atomic E-state index is 13.1. The molecule has 0 N–H and O–H groups in total. The largest absolute Gasteiger partial charge is 0.370 e. The molecule has 0 aliphatic carbocycles. The number of anilines is 1. The average Bonchev–Trinajstić information content (AvgIpc) is 2.41. The van der Waals surface area contributed by atoms with Crippen molar-refractivity contribution in [3.63, 3.8) is 0 Å². The van der Waals surface area contributed by atoms with Crippen molar-refractivity contribution in [2.24, 2.45) is 0 Å². The maximum Gasteiger partial charge on any atom is 0.152 e. The van der Waals surface area contributed by atoms with E-state index in [9.17, 15) is 9.18 Å². The van der Waals surface area contributed by atoms with Gasteiger partial charge in [0.1, 0.15) is 5.82 Å². The Bertz CT molecular complexity index is 578.